The van der Waals surface area contributed by atoms with E-state index < -0.39 is 0 Å². The van der Waals surface area contributed by atoms with Crippen LogP contribution in [0.4, 0.5) is 0 Å². The maximum Gasteiger partial charge on any atom is 0.268 e. The second-order valence-electron chi connectivity index (χ2n) is 4.49. The Morgan fingerprint density at radius 3 is 2.53 bits per heavy atom. The van der Waals surface area contributed by atoms with E-state index in [9.17, 15) is 9.59 Å². The normalized spacial score (nSPS) is 17.8. The van der Waals surface area contributed by atoms with Crippen molar-refractivity contribution >= 4 is 27.4 Å². The van der Waals surface area contributed by atoms with Crippen molar-refractivity contribution in [3.63, 3.8) is 0 Å². The van der Waals surface area contributed by atoms with Gasteiger partial charge in [-0.2, -0.15) is 0 Å². The molecule has 1 aromatic heterocycles. The zero-order valence-electron chi connectivity index (χ0n) is 9.39. The number of Topliss-reactive ketones (excluding diaryl/α,β-unsaturated/α-hetero) is 1. The van der Waals surface area contributed by atoms with Crippen molar-refractivity contribution in [1.29, 1.82) is 0 Å². The molecule has 0 bridgehead atoms. The molecule has 88 valence electrons. The quantitative estimate of drug-likeness (QED) is 0.777. The van der Waals surface area contributed by atoms with Gasteiger partial charge in [0, 0.05) is 18.9 Å². The first-order valence-electron chi connectivity index (χ1n) is 5.88. The van der Waals surface area contributed by atoms with Crippen LogP contribution in [0.25, 0.3) is 10.1 Å². The lowest BCUT2D eigenvalue weighted by molar-refractivity contribution is -0.120. The Morgan fingerprint density at radius 2 is 1.82 bits per heavy atom. The summed E-state index contributed by atoms with van der Waals surface area (Å²) < 4.78 is 2.89. The van der Waals surface area contributed by atoms with E-state index >= 15 is 0 Å². The summed E-state index contributed by atoms with van der Waals surface area (Å²) in [5.74, 6) is 0.329. The molecule has 1 aromatic carbocycles. The summed E-state index contributed by atoms with van der Waals surface area (Å²) in [6.45, 7) is 0. The Hall–Kier alpha value is -1.42. The van der Waals surface area contributed by atoms with E-state index in [2.05, 4.69) is 0 Å². The second kappa shape index (κ2) is 4.11. The van der Waals surface area contributed by atoms with Crippen LogP contribution in [0, 0.1) is 0 Å². The van der Waals surface area contributed by atoms with Crippen molar-refractivity contribution in [2.24, 2.45) is 0 Å². The van der Waals surface area contributed by atoms with Crippen molar-refractivity contribution in [3.8, 4) is 0 Å². The van der Waals surface area contributed by atoms with Crippen LogP contribution in [-0.2, 0) is 4.79 Å². The van der Waals surface area contributed by atoms with Crippen LogP contribution in [0.5, 0.6) is 0 Å². The highest BCUT2D eigenvalue weighted by atomic mass is 32.1. The molecule has 17 heavy (non-hydrogen) atoms. The highest BCUT2D eigenvalue weighted by Gasteiger charge is 2.22. The monoisotopic (exact) mass is 247 g/mol. The largest absolute Gasteiger partial charge is 0.300 e. The number of hydrogen-bond acceptors (Lipinski definition) is 3. The molecule has 1 aliphatic rings. The van der Waals surface area contributed by atoms with Crippen LogP contribution >= 0.6 is 11.5 Å². The van der Waals surface area contributed by atoms with Gasteiger partial charge in [0.05, 0.1) is 10.1 Å². The number of carbonyl (C=O) groups is 1. The summed E-state index contributed by atoms with van der Waals surface area (Å²) >= 11 is 1.52. The fraction of sp³-hybridized carbons (Fsp3) is 0.385. The van der Waals surface area contributed by atoms with Gasteiger partial charge in [0.25, 0.3) is 5.56 Å². The molecule has 0 radical (unpaired) electrons. The molecule has 1 heterocycles. The molecule has 1 saturated carbocycles. The van der Waals surface area contributed by atoms with Crippen molar-refractivity contribution in [3.05, 3.63) is 34.6 Å². The lowest BCUT2D eigenvalue weighted by Gasteiger charge is -2.20. The average molecular weight is 247 g/mol. The molecule has 1 aliphatic carbocycles. The molecule has 0 aliphatic heterocycles. The van der Waals surface area contributed by atoms with Gasteiger partial charge in [-0.05, 0) is 25.0 Å². The molecule has 0 saturated heterocycles. The molecule has 2 aromatic rings. The lowest BCUT2D eigenvalue weighted by Crippen LogP contribution is -2.23. The molecule has 3 nitrogen and oxygen atoms in total. The molecule has 0 unspecified atom stereocenters. The molecule has 0 atom stereocenters. The Balaban J connectivity index is 2.03. The summed E-state index contributed by atoms with van der Waals surface area (Å²) in [5, 5.41) is 0.800. The highest BCUT2D eigenvalue weighted by molar-refractivity contribution is 7.13. The van der Waals surface area contributed by atoms with E-state index in [1.54, 1.807) is 0 Å². The van der Waals surface area contributed by atoms with Gasteiger partial charge in [-0.3, -0.25) is 13.5 Å². The van der Waals surface area contributed by atoms with E-state index in [-0.39, 0.29) is 11.6 Å². The van der Waals surface area contributed by atoms with E-state index in [1.807, 2.05) is 28.2 Å². The van der Waals surface area contributed by atoms with Gasteiger partial charge in [-0.15, -0.1) is 0 Å². The van der Waals surface area contributed by atoms with Crippen LogP contribution in [-0.4, -0.2) is 9.74 Å². The average Bonchev–Trinajstić information content (AvgIpc) is 2.69. The minimum Gasteiger partial charge on any atom is -0.300 e. The first-order chi connectivity index (χ1) is 8.25. The Kier molecular flexibility index (Phi) is 2.59. The maximum absolute atomic E-state index is 12.2. The smallest absolute Gasteiger partial charge is 0.268 e. The molecule has 0 spiro atoms. The minimum atomic E-state index is 0.102. The minimum absolute atomic E-state index is 0.102. The van der Waals surface area contributed by atoms with E-state index in [1.165, 1.54) is 11.5 Å². The van der Waals surface area contributed by atoms with Crippen LogP contribution in [0.1, 0.15) is 31.7 Å². The standard InChI is InChI=1S/C13H13NO2S/c15-10-7-5-9(6-8-10)14-13(16)11-3-1-2-4-12(11)17-14/h1-4,9H,5-8H2. The lowest BCUT2D eigenvalue weighted by atomic mass is 9.95. The third-order valence-electron chi connectivity index (χ3n) is 3.36. The molecule has 1 fully saturated rings. The number of benzene rings is 1. The fourth-order valence-electron chi connectivity index (χ4n) is 2.39. The highest BCUT2D eigenvalue weighted by Crippen LogP contribution is 2.29. The van der Waals surface area contributed by atoms with Crippen molar-refractivity contribution in [2.75, 3.05) is 0 Å². The number of ketones is 1. The summed E-state index contributed by atoms with van der Waals surface area (Å²) in [5.41, 5.74) is 0.102. The molecule has 0 N–H and O–H groups in total. The molecular formula is C13H13NO2S. The van der Waals surface area contributed by atoms with Crippen molar-refractivity contribution in [1.82, 2.24) is 3.96 Å². The predicted octanol–water partition coefficient (Wildman–Crippen LogP) is 2.75. The van der Waals surface area contributed by atoms with E-state index in [0.717, 1.165) is 22.9 Å². The van der Waals surface area contributed by atoms with E-state index in [4.69, 9.17) is 0 Å². The van der Waals surface area contributed by atoms with Crippen LogP contribution < -0.4 is 5.56 Å². The third kappa shape index (κ3) is 1.82. The van der Waals surface area contributed by atoms with Gasteiger partial charge in [0.1, 0.15) is 5.78 Å². The second-order valence-corrected chi connectivity index (χ2v) is 5.50. The SMILES string of the molecule is O=C1CCC(n2sc3ccccc3c2=O)CC1. The number of carbonyl (C=O) groups excluding carboxylic acids is 1. The number of nitrogens with zero attached hydrogens (tertiary/aromatic N) is 1. The summed E-state index contributed by atoms with van der Waals surface area (Å²) in [7, 11) is 0. The van der Waals surface area contributed by atoms with Gasteiger partial charge >= 0.3 is 0 Å². The fourth-order valence-corrected chi connectivity index (χ4v) is 3.53. The van der Waals surface area contributed by atoms with Gasteiger partial charge in [-0.1, -0.05) is 23.7 Å². The summed E-state index contributed by atoms with van der Waals surface area (Å²) in [6, 6.07) is 7.92. The molecular weight excluding hydrogens is 234 g/mol. The Labute approximate surface area is 103 Å². The van der Waals surface area contributed by atoms with Gasteiger partial charge in [-0.25, -0.2) is 0 Å². The zero-order valence-corrected chi connectivity index (χ0v) is 10.2. The van der Waals surface area contributed by atoms with E-state index in [0.29, 0.717) is 18.6 Å². The van der Waals surface area contributed by atoms with Gasteiger partial charge in [0.15, 0.2) is 0 Å². The maximum atomic E-state index is 12.2. The zero-order chi connectivity index (χ0) is 11.8. The van der Waals surface area contributed by atoms with Crippen LogP contribution in [0.3, 0.4) is 0 Å². The predicted molar refractivity (Wildman–Crippen MR) is 68.6 cm³/mol. The number of hydrogen-bond donors (Lipinski definition) is 0. The van der Waals surface area contributed by atoms with Gasteiger partial charge in [0.2, 0.25) is 0 Å². The molecule has 0 amide bonds. The first kappa shape index (κ1) is 10.7. The number of aromatic nitrogens is 1. The Bertz CT molecular complexity index is 616. The first-order valence-corrected chi connectivity index (χ1v) is 6.65. The van der Waals surface area contributed by atoms with Gasteiger partial charge < -0.3 is 0 Å². The number of rotatable bonds is 1. The molecule has 3 rings (SSSR count). The van der Waals surface area contributed by atoms with Crippen LogP contribution in [0.15, 0.2) is 29.1 Å². The Morgan fingerprint density at radius 1 is 1.12 bits per heavy atom. The van der Waals surface area contributed by atoms with Crippen molar-refractivity contribution in [2.45, 2.75) is 31.7 Å². The van der Waals surface area contributed by atoms with Crippen molar-refractivity contribution < 1.29 is 4.79 Å². The number of fused-ring (bicyclic) bond motifs is 1. The summed E-state index contributed by atoms with van der Waals surface area (Å²) in [4.78, 5) is 23.4. The summed E-state index contributed by atoms with van der Waals surface area (Å²) in [6.07, 6.45) is 2.85. The third-order valence-corrected chi connectivity index (χ3v) is 4.57. The molecule has 4 heteroatoms. The van der Waals surface area contributed by atoms with Crippen LogP contribution in [0.2, 0.25) is 0 Å². The topological polar surface area (TPSA) is 39.1 Å².